The third-order valence-electron chi connectivity index (χ3n) is 2.52. The molecule has 0 amide bonds. The van der Waals surface area contributed by atoms with Gasteiger partial charge in [0.1, 0.15) is 0 Å². The van der Waals surface area contributed by atoms with Gasteiger partial charge in [0.2, 0.25) is 11.7 Å². The van der Waals surface area contributed by atoms with Crippen LogP contribution in [0.3, 0.4) is 0 Å². The van der Waals surface area contributed by atoms with Gasteiger partial charge in [0.25, 0.3) is 0 Å². The molecule has 1 heterocycles. The molecule has 2 rings (SSSR count). The second-order valence-electron chi connectivity index (χ2n) is 4.56. The van der Waals surface area contributed by atoms with Gasteiger partial charge in [0.05, 0.1) is 6.04 Å². The van der Waals surface area contributed by atoms with Crippen LogP contribution in [0.15, 0.2) is 34.9 Å². The van der Waals surface area contributed by atoms with Crippen LogP contribution in [0, 0.1) is 5.92 Å². The molecule has 0 fully saturated rings. The zero-order chi connectivity index (χ0) is 12.3. The molecule has 2 N–H and O–H groups in total. The number of nitrogens with two attached hydrogens (primary N) is 1. The molecule has 0 radical (unpaired) electrons. The van der Waals surface area contributed by atoms with E-state index in [1.807, 2.05) is 30.3 Å². The van der Waals surface area contributed by atoms with Crippen molar-refractivity contribution in [3.63, 3.8) is 0 Å². The first-order chi connectivity index (χ1) is 8.16. The quantitative estimate of drug-likeness (QED) is 0.878. The second kappa shape index (κ2) is 5.10. The monoisotopic (exact) mass is 231 g/mol. The van der Waals surface area contributed by atoms with E-state index in [1.165, 1.54) is 0 Å². The van der Waals surface area contributed by atoms with Crippen molar-refractivity contribution in [1.82, 2.24) is 10.1 Å². The lowest BCUT2D eigenvalue weighted by Gasteiger charge is -2.08. The number of aromatic nitrogens is 2. The molecule has 0 aliphatic heterocycles. The van der Waals surface area contributed by atoms with E-state index >= 15 is 0 Å². The molecule has 4 nitrogen and oxygen atoms in total. The van der Waals surface area contributed by atoms with Crippen LogP contribution < -0.4 is 5.73 Å². The minimum absolute atomic E-state index is 0.181. The maximum Gasteiger partial charge on any atom is 0.243 e. The molecule has 0 aliphatic rings. The Labute approximate surface area is 101 Å². The largest absolute Gasteiger partial charge is 0.337 e. The molecule has 0 unspecified atom stereocenters. The van der Waals surface area contributed by atoms with Crippen molar-refractivity contribution in [2.24, 2.45) is 11.7 Å². The molecule has 1 atom stereocenters. The number of benzene rings is 1. The Hall–Kier alpha value is -1.68. The normalized spacial score (nSPS) is 12.9. The summed E-state index contributed by atoms with van der Waals surface area (Å²) in [6.45, 7) is 4.24. The highest BCUT2D eigenvalue weighted by Gasteiger charge is 2.16. The van der Waals surface area contributed by atoms with Crippen LogP contribution in [-0.4, -0.2) is 10.1 Å². The molecule has 4 heteroatoms. The van der Waals surface area contributed by atoms with Gasteiger partial charge in [0, 0.05) is 5.56 Å². The SMILES string of the molecule is CC(C)C[C@@H](N)c1nc(-c2ccccc2)no1. The van der Waals surface area contributed by atoms with Crippen LogP contribution in [-0.2, 0) is 0 Å². The Morgan fingerprint density at radius 1 is 1.24 bits per heavy atom. The fraction of sp³-hybridized carbons (Fsp3) is 0.385. The summed E-state index contributed by atoms with van der Waals surface area (Å²) in [5.74, 6) is 1.62. The van der Waals surface area contributed by atoms with Crippen LogP contribution >= 0.6 is 0 Å². The first kappa shape index (κ1) is 11.8. The summed E-state index contributed by atoms with van der Waals surface area (Å²) >= 11 is 0. The summed E-state index contributed by atoms with van der Waals surface area (Å²) < 4.78 is 5.20. The van der Waals surface area contributed by atoms with E-state index in [-0.39, 0.29) is 6.04 Å². The molecule has 1 aromatic carbocycles. The van der Waals surface area contributed by atoms with E-state index < -0.39 is 0 Å². The molecule has 1 aromatic heterocycles. The van der Waals surface area contributed by atoms with Gasteiger partial charge >= 0.3 is 0 Å². The van der Waals surface area contributed by atoms with Gasteiger partial charge in [-0.05, 0) is 12.3 Å². The Kier molecular flexibility index (Phi) is 3.54. The van der Waals surface area contributed by atoms with Crippen LogP contribution in [0.1, 0.15) is 32.2 Å². The van der Waals surface area contributed by atoms with Gasteiger partial charge in [-0.1, -0.05) is 49.3 Å². The molecule has 0 saturated carbocycles. The minimum Gasteiger partial charge on any atom is -0.337 e. The van der Waals surface area contributed by atoms with E-state index in [1.54, 1.807) is 0 Å². The van der Waals surface area contributed by atoms with E-state index in [0.717, 1.165) is 12.0 Å². The summed E-state index contributed by atoms with van der Waals surface area (Å²) in [5.41, 5.74) is 6.93. The van der Waals surface area contributed by atoms with Gasteiger partial charge in [-0.15, -0.1) is 0 Å². The Balaban J connectivity index is 2.16. The van der Waals surface area contributed by atoms with E-state index in [2.05, 4.69) is 24.0 Å². The van der Waals surface area contributed by atoms with Crippen LogP contribution in [0.25, 0.3) is 11.4 Å². The summed E-state index contributed by atoms with van der Waals surface area (Å²) in [5, 5.41) is 3.95. The van der Waals surface area contributed by atoms with Crippen molar-refractivity contribution in [2.45, 2.75) is 26.3 Å². The zero-order valence-electron chi connectivity index (χ0n) is 10.1. The van der Waals surface area contributed by atoms with Gasteiger partial charge in [0.15, 0.2) is 0 Å². The summed E-state index contributed by atoms with van der Waals surface area (Å²) in [4.78, 5) is 4.33. The van der Waals surface area contributed by atoms with Crippen molar-refractivity contribution in [3.05, 3.63) is 36.2 Å². The van der Waals surface area contributed by atoms with Gasteiger partial charge in [-0.3, -0.25) is 0 Å². The number of hydrogen-bond donors (Lipinski definition) is 1. The molecule has 0 spiro atoms. The lowest BCUT2D eigenvalue weighted by molar-refractivity contribution is 0.335. The van der Waals surface area contributed by atoms with Crippen molar-refractivity contribution < 1.29 is 4.52 Å². The highest BCUT2D eigenvalue weighted by Crippen LogP contribution is 2.20. The lowest BCUT2D eigenvalue weighted by Crippen LogP contribution is -2.13. The van der Waals surface area contributed by atoms with Gasteiger partial charge in [-0.2, -0.15) is 4.98 Å². The maximum atomic E-state index is 5.99. The first-order valence-corrected chi connectivity index (χ1v) is 5.81. The summed E-state index contributed by atoms with van der Waals surface area (Å²) in [6, 6.07) is 9.55. The van der Waals surface area contributed by atoms with E-state index in [4.69, 9.17) is 10.3 Å². The van der Waals surface area contributed by atoms with Crippen LogP contribution in [0.4, 0.5) is 0 Å². The number of nitrogens with zero attached hydrogens (tertiary/aromatic N) is 2. The van der Waals surface area contributed by atoms with Crippen LogP contribution in [0.2, 0.25) is 0 Å². The molecular weight excluding hydrogens is 214 g/mol. The smallest absolute Gasteiger partial charge is 0.243 e. The highest BCUT2D eigenvalue weighted by molar-refractivity contribution is 5.53. The molecule has 0 aliphatic carbocycles. The average molecular weight is 231 g/mol. The summed E-state index contributed by atoms with van der Waals surface area (Å²) in [6.07, 6.45) is 0.844. The maximum absolute atomic E-state index is 5.99. The van der Waals surface area contributed by atoms with Gasteiger partial charge < -0.3 is 10.3 Å². The fourth-order valence-corrected chi connectivity index (χ4v) is 1.70. The fourth-order valence-electron chi connectivity index (χ4n) is 1.70. The summed E-state index contributed by atoms with van der Waals surface area (Å²) in [7, 11) is 0. The standard InChI is InChI=1S/C13H17N3O/c1-9(2)8-11(14)13-15-12(16-17-13)10-6-4-3-5-7-10/h3-7,9,11H,8,14H2,1-2H3/t11-/m1/s1. The Morgan fingerprint density at radius 2 is 1.94 bits per heavy atom. The molecular formula is C13H17N3O. The highest BCUT2D eigenvalue weighted by atomic mass is 16.5. The molecule has 90 valence electrons. The first-order valence-electron chi connectivity index (χ1n) is 5.81. The van der Waals surface area contributed by atoms with Crippen molar-refractivity contribution >= 4 is 0 Å². The second-order valence-corrected chi connectivity index (χ2v) is 4.56. The molecule has 2 aromatic rings. The van der Waals surface area contributed by atoms with Crippen molar-refractivity contribution in [1.29, 1.82) is 0 Å². The van der Waals surface area contributed by atoms with Crippen LogP contribution in [0.5, 0.6) is 0 Å². The van der Waals surface area contributed by atoms with Gasteiger partial charge in [-0.25, -0.2) is 0 Å². The van der Waals surface area contributed by atoms with E-state index in [0.29, 0.717) is 17.6 Å². The van der Waals surface area contributed by atoms with Crippen molar-refractivity contribution in [2.75, 3.05) is 0 Å². The molecule has 0 saturated heterocycles. The Bertz CT molecular complexity index is 465. The molecule has 0 bridgehead atoms. The predicted octanol–water partition coefficient (Wildman–Crippen LogP) is 2.78. The lowest BCUT2D eigenvalue weighted by atomic mass is 10.0. The third kappa shape index (κ3) is 2.91. The average Bonchev–Trinajstić information content (AvgIpc) is 2.78. The third-order valence-corrected chi connectivity index (χ3v) is 2.52. The minimum atomic E-state index is -0.181. The zero-order valence-corrected chi connectivity index (χ0v) is 10.1. The predicted molar refractivity (Wildman–Crippen MR) is 66.1 cm³/mol. The number of rotatable bonds is 4. The van der Waals surface area contributed by atoms with E-state index in [9.17, 15) is 0 Å². The Morgan fingerprint density at radius 3 is 2.59 bits per heavy atom. The molecule has 17 heavy (non-hydrogen) atoms. The topological polar surface area (TPSA) is 64.9 Å². The van der Waals surface area contributed by atoms with Crippen molar-refractivity contribution in [3.8, 4) is 11.4 Å². The number of hydrogen-bond acceptors (Lipinski definition) is 4.